The first-order valence-corrected chi connectivity index (χ1v) is 4.77. The Bertz CT molecular complexity index is 411. The first-order valence-electron chi connectivity index (χ1n) is 4.77. The van der Waals surface area contributed by atoms with Gasteiger partial charge in [0, 0.05) is 11.8 Å². The smallest absolute Gasteiger partial charge is 0.0890 e. The van der Waals surface area contributed by atoms with E-state index in [2.05, 4.69) is 10.9 Å². The highest BCUT2D eigenvalue weighted by Gasteiger charge is 2.22. The minimum Gasteiger partial charge on any atom is -0.397 e. The summed E-state index contributed by atoms with van der Waals surface area (Å²) in [7, 11) is 0. The van der Waals surface area contributed by atoms with E-state index in [1.54, 1.807) is 6.20 Å². The summed E-state index contributed by atoms with van der Waals surface area (Å²) in [6.45, 7) is 5.92. The summed E-state index contributed by atoms with van der Waals surface area (Å²) >= 11 is 0. The van der Waals surface area contributed by atoms with Crippen molar-refractivity contribution in [3.8, 4) is 12.3 Å². The van der Waals surface area contributed by atoms with Crippen LogP contribution in [0.5, 0.6) is 0 Å². The Morgan fingerprint density at radius 1 is 1.53 bits per heavy atom. The largest absolute Gasteiger partial charge is 0.397 e. The van der Waals surface area contributed by atoms with Crippen LogP contribution >= 0.6 is 0 Å². The molecule has 1 rings (SSSR count). The first kappa shape index (κ1) is 11.5. The molecule has 0 aliphatic carbocycles. The topological polar surface area (TPSA) is 59.1 Å². The van der Waals surface area contributed by atoms with Gasteiger partial charge in [0.1, 0.15) is 0 Å². The number of hydrogen-bond acceptors (Lipinski definition) is 3. The summed E-state index contributed by atoms with van der Waals surface area (Å²) in [5, 5.41) is 9.08. The highest BCUT2D eigenvalue weighted by Crippen LogP contribution is 2.31. The maximum atomic E-state index is 9.08. The van der Waals surface area contributed by atoms with E-state index in [0.717, 1.165) is 5.56 Å². The number of terminal acetylenes is 1. The number of aliphatic hydroxyl groups excluding tert-OH is 1. The fourth-order valence-corrected chi connectivity index (χ4v) is 1.61. The van der Waals surface area contributed by atoms with Gasteiger partial charge >= 0.3 is 0 Å². The summed E-state index contributed by atoms with van der Waals surface area (Å²) in [4.78, 5) is 4.02. The van der Waals surface area contributed by atoms with Crippen LogP contribution in [0.1, 0.15) is 37.6 Å². The molecule has 0 aliphatic rings. The monoisotopic (exact) mass is 204 g/mol. The van der Waals surface area contributed by atoms with Crippen LogP contribution < -0.4 is 5.73 Å². The molecule has 0 saturated heterocycles. The quantitative estimate of drug-likeness (QED) is 0.680. The van der Waals surface area contributed by atoms with E-state index in [1.165, 1.54) is 0 Å². The fraction of sp³-hybridized carbons (Fsp3) is 0.417. The summed E-state index contributed by atoms with van der Waals surface area (Å²) in [5.74, 6) is 2.57. The number of rotatable bonds is 1. The van der Waals surface area contributed by atoms with Crippen molar-refractivity contribution in [1.82, 2.24) is 4.98 Å². The molecule has 0 unspecified atom stereocenters. The maximum absolute atomic E-state index is 9.08. The van der Waals surface area contributed by atoms with Gasteiger partial charge < -0.3 is 10.8 Å². The lowest BCUT2D eigenvalue weighted by atomic mass is 9.83. The Labute approximate surface area is 90.3 Å². The van der Waals surface area contributed by atoms with E-state index in [1.807, 2.05) is 20.8 Å². The summed E-state index contributed by atoms with van der Waals surface area (Å²) < 4.78 is 0. The number of nitrogens with two attached hydrogens (primary N) is 1. The molecule has 3 heteroatoms. The molecule has 0 atom stereocenters. The van der Waals surface area contributed by atoms with Crippen molar-refractivity contribution in [2.24, 2.45) is 0 Å². The molecule has 1 aromatic heterocycles. The molecule has 1 aromatic rings. The van der Waals surface area contributed by atoms with Gasteiger partial charge in [0.05, 0.1) is 18.0 Å². The minimum atomic E-state index is -0.167. The number of hydrogen-bond donors (Lipinski definition) is 2. The molecule has 0 saturated carbocycles. The van der Waals surface area contributed by atoms with Crippen LogP contribution in [0, 0.1) is 12.3 Å². The normalized spacial score (nSPS) is 11.1. The van der Waals surface area contributed by atoms with E-state index in [-0.39, 0.29) is 12.0 Å². The SMILES string of the molecule is C#Cc1cnc(CO)c(N)c1C(C)(C)C. The van der Waals surface area contributed by atoms with Crippen LogP contribution in [-0.4, -0.2) is 10.1 Å². The Morgan fingerprint density at radius 2 is 2.13 bits per heavy atom. The molecule has 1 heterocycles. The third-order valence-electron chi connectivity index (χ3n) is 2.25. The second-order valence-corrected chi connectivity index (χ2v) is 4.46. The molecule has 0 aliphatic heterocycles. The van der Waals surface area contributed by atoms with Crippen LogP contribution in [0.3, 0.4) is 0 Å². The predicted octanol–water partition coefficient (Wildman–Crippen LogP) is 1.43. The van der Waals surface area contributed by atoms with Gasteiger partial charge in [-0.25, -0.2) is 0 Å². The third-order valence-corrected chi connectivity index (χ3v) is 2.25. The minimum absolute atomic E-state index is 0.154. The van der Waals surface area contributed by atoms with Crippen molar-refractivity contribution in [2.75, 3.05) is 5.73 Å². The van der Waals surface area contributed by atoms with E-state index < -0.39 is 0 Å². The lowest BCUT2D eigenvalue weighted by Gasteiger charge is -2.23. The molecule has 0 amide bonds. The Morgan fingerprint density at radius 3 is 2.53 bits per heavy atom. The average Bonchev–Trinajstić information content (AvgIpc) is 2.15. The maximum Gasteiger partial charge on any atom is 0.0890 e. The van der Waals surface area contributed by atoms with Gasteiger partial charge in [0.2, 0.25) is 0 Å². The summed E-state index contributed by atoms with van der Waals surface area (Å²) in [6.07, 6.45) is 6.99. The molecule has 80 valence electrons. The van der Waals surface area contributed by atoms with Crippen LogP contribution in [0.4, 0.5) is 5.69 Å². The molecule has 0 fully saturated rings. The lowest BCUT2D eigenvalue weighted by molar-refractivity contribution is 0.277. The number of nitrogens with zero attached hydrogens (tertiary/aromatic N) is 1. The Kier molecular flexibility index (Phi) is 3.01. The van der Waals surface area contributed by atoms with E-state index in [4.69, 9.17) is 17.3 Å². The van der Waals surface area contributed by atoms with Crippen LogP contribution in [0.25, 0.3) is 0 Å². The standard InChI is InChI=1S/C12H16N2O/c1-5-8-6-14-9(7-15)11(13)10(8)12(2,3)4/h1,6,15H,7,13H2,2-4H3. The van der Waals surface area contributed by atoms with E-state index in [0.29, 0.717) is 16.9 Å². The van der Waals surface area contributed by atoms with E-state index in [9.17, 15) is 0 Å². The zero-order valence-corrected chi connectivity index (χ0v) is 9.33. The zero-order valence-electron chi connectivity index (χ0n) is 9.33. The zero-order chi connectivity index (χ0) is 11.6. The highest BCUT2D eigenvalue weighted by atomic mass is 16.3. The third kappa shape index (κ3) is 2.11. The first-order chi connectivity index (χ1) is 6.91. The molecule has 0 spiro atoms. The molecular formula is C12H16N2O. The number of pyridine rings is 1. The molecule has 0 radical (unpaired) electrons. The van der Waals surface area contributed by atoms with Crippen LogP contribution in [-0.2, 0) is 12.0 Å². The van der Waals surface area contributed by atoms with Crippen molar-refractivity contribution in [2.45, 2.75) is 32.8 Å². The lowest BCUT2D eigenvalue weighted by Crippen LogP contribution is -2.18. The van der Waals surface area contributed by atoms with Gasteiger partial charge in [-0.15, -0.1) is 6.42 Å². The Hall–Kier alpha value is -1.53. The van der Waals surface area contributed by atoms with Crippen molar-refractivity contribution < 1.29 is 5.11 Å². The summed E-state index contributed by atoms with van der Waals surface area (Å²) in [5.41, 5.74) is 8.34. The molecular weight excluding hydrogens is 188 g/mol. The van der Waals surface area contributed by atoms with Crippen LogP contribution in [0.15, 0.2) is 6.20 Å². The number of nitrogen functional groups attached to an aromatic ring is 1. The Balaban J connectivity index is 3.52. The number of aromatic nitrogens is 1. The van der Waals surface area contributed by atoms with Gasteiger partial charge in [-0.2, -0.15) is 0 Å². The second kappa shape index (κ2) is 3.92. The molecule has 0 aromatic carbocycles. The highest BCUT2D eigenvalue weighted by molar-refractivity contribution is 5.60. The average molecular weight is 204 g/mol. The van der Waals surface area contributed by atoms with Crippen molar-refractivity contribution in [3.63, 3.8) is 0 Å². The van der Waals surface area contributed by atoms with Gasteiger partial charge in [-0.1, -0.05) is 26.7 Å². The van der Waals surface area contributed by atoms with Crippen molar-refractivity contribution in [3.05, 3.63) is 23.0 Å². The predicted molar refractivity (Wildman–Crippen MR) is 61.2 cm³/mol. The fourth-order valence-electron chi connectivity index (χ4n) is 1.61. The number of aliphatic hydroxyl groups is 1. The van der Waals surface area contributed by atoms with Crippen molar-refractivity contribution in [1.29, 1.82) is 0 Å². The van der Waals surface area contributed by atoms with Crippen LogP contribution in [0.2, 0.25) is 0 Å². The van der Waals surface area contributed by atoms with Gasteiger partial charge in [0.15, 0.2) is 0 Å². The molecule has 3 nitrogen and oxygen atoms in total. The van der Waals surface area contributed by atoms with E-state index >= 15 is 0 Å². The molecule has 0 bridgehead atoms. The molecule has 15 heavy (non-hydrogen) atoms. The second-order valence-electron chi connectivity index (χ2n) is 4.46. The van der Waals surface area contributed by atoms with Gasteiger partial charge in [-0.05, 0) is 11.0 Å². The van der Waals surface area contributed by atoms with Gasteiger partial charge in [0.25, 0.3) is 0 Å². The number of anilines is 1. The van der Waals surface area contributed by atoms with Gasteiger partial charge in [-0.3, -0.25) is 4.98 Å². The molecule has 3 N–H and O–H groups in total. The van der Waals surface area contributed by atoms with Crippen molar-refractivity contribution >= 4 is 5.69 Å². The summed E-state index contributed by atoms with van der Waals surface area (Å²) in [6, 6.07) is 0.